The zero-order valence-corrected chi connectivity index (χ0v) is 37.9. The van der Waals surface area contributed by atoms with Crippen LogP contribution in [0.3, 0.4) is 0 Å². The molecule has 0 saturated carbocycles. The van der Waals surface area contributed by atoms with Gasteiger partial charge in [-0.3, -0.25) is 0 Å². The van der Waals surface area contributed by atoms with E-state index < -0.39 is 0 Å². The fourth-order valence-corrected chi connectivity index (χ4v) is 10.4. The van der Waals surface area contributed by atoms with Crippen molar-refractivity contribution in [1.29, 1.82) is 0 Å². The lowest BCUT2D eigenvalue weighted by Crippen LogP contribution is -2.59. The van der Waals surface area contributed by atoms with Crippen molar-refractivity contribution in [2.75, 3.05) is 4.90 Å². The summed E-state index contributed by atoms with van der Waals surface area (Å²) in [6, 6.07) is 75.3. The number of aromatic nitrogens is 4. The maximum atomic E-state index is 7.31. The van der Waals surface area contributed by atoms with Crippen molar-refractivity contribution in [2.45, 2.75) is 26.2 Å². The van der Waals surface area contributed by atoms with Crippen molar-refractivity contribution in [3.05, 3.63) is 218 Å². The standard InChI is InChI=1S/C61H44BN5O/c1-61(2,3)42-36-53-56-55(37-42)68-54-38-43(66-51-32-17-14-27-45(51)46-28-15-18-33-52(46)66)34-35-48(54)62(56)49-30-19-29-47(57(49)67(53)50-31-16-13-26-44(50)39-20-7-4-8-21-39)60-64-58(40-22-9-5-10-23-40)63-59(65-60)41-24-11-6-12-25-41/h4-38H,1-3H3. The van der Waals surface area contributed by atoms with E-state index in [-0.39, 0.29) is 12.1 Å². The van der Waals surface area contributed by atoms with Gasteiger partial charge in [0.1, 0.15) is 11.5 Å². The van der Waals surface area contributed by atoms with Crippen LogP contribution in [0.15, 0.2) is 212 Å². The van der Waals surface area contributed by atoms with Crippen LogP contribution in [0.5, 0.6) is 11.5 Å². The number of para-hydroxylation sites is 4. The molecular formula is C61H44BN5O. The molecule has 2 aromatic heterocycles. The molecule has 0 spiro atoms. The maximum Gasteiger partial charge on any atom is 0.256 e. The third-order valence-corrected chi connectivity index (χ3v) is 13.7. The fourth-order valence-electron chi connectivity index (χ4n) is 10.4. The van der Waals surface area contributed by atoms with Crippen LogP contribution in [0.4, 0.5) is 17.1 Å². The van der Waals surface area contributed by atoms with Crippen molar-refractivity contribution in [2.24, 2.45) is 0 Å². The summed E-state index contributed by atoms with van der Waals surface area (Å²) in [5.74, 6) is 3.53. The summed E-state index contributed by atoms with van der Waals surface area (Å²) >= 11 is 0. The van der Waals surface area contributed by atoms with Gasteiger partial charge in [-0.2, -0.15) is 0 Å². The molecule has 2 aliphatic heterocycles. The molecule has 0 N–H and O–H groups in total. The second-order valence-electron chi connectivity index (χ2n) is 18.8. The van der Waals surface area contributed by atoms with E-state index in [0.717, 1.165) is 89.5 Å². The molecule has 0 aliphatic carbocycles. The second-order valence-corrected chi connectivity index (χ2v) is 18.8. The smallest absolute Gasteiger partial charge is 0.256 e. The minimum Gasteiger partial charge on any atom is -0.458 e. The van der Waals surface area contributed by atoms with E-state index in [4.69, 9.17) is 19.7 Å². The normalized spacial score (nSPS) is 12.7. The maximum absolute atomic E-state index is 7.31. The molecule has 0 saturated heterocycles. The third-order valence-electron chi connectivity index (χ3n) is 13.7. The van der Waals surface area contributed by atoms with Gasteiger partial charge in [0.25, 0.3) is 6.71 Å². The van der Waals surface area contributed by atoms with Crippen LogP contribution in [0.1, 0.15) is 26.3 Å². The molecule has 4 heterocycles. The Hall–Kier alpha value is -8.55. The molecule has 68 heavy (non-hydrogen) atoms. The molecular weight excluding hydrogens is 830 g/mol. The Morgan fingerprint density at radius 1 is 0.441 bits per heavy atom. The summed E-state index contributed by atoms with van der Waals surface area (Å²) < 4.78 is 9.67. The van der Waals surface area contributed by atoms with Crippen molar-refractivity contribution in [3.63, 3.8) is 0 Å². The molecule has 7 heteroatoms. The molecule has 0 bridgehead atoms. The first-order valence-electron chi connectivity index (χ1n) is 23.3. The number of rotatable bonds is 6. The van der Waals surface area contributed by atoms with Gasteiger partial charge in [0, 0.05) is 50.5 Å². The van der Waals surface area contributed by atoms with E-state index in [9.17, 15) is 0 Å². The topological polar surface area (TPSA) is 56.1 Å². The Labute approximate surface area is 395 Å². The Bertz CT molecular complexity index is 3660. The number of ether oxygens (including phenoxy) is 1. The van der Waals surface area contributed by atoms with Crippen LogP contribution in [0.25, 0.3) is 72.8 Å². The predicted molar refractivity (Wildman–Crippen MR) is 280 cm³/mol. The predicted octanol–water partition coefficient (Wildman–Crippen LogP) is 13.3. The van der Waals surface area contributed by atoms with Gasteiger partial charge in [-0.1, -0.05) is 185 Å². The number of fused-ring (bicyclic) bond motifs is 7. The van der Waals surface area contributed by atoms with Crippen LogP contribution in [0.2, 0.25) is 0 Å². The summed E-state index contributed by atoms with van der Waals surface area (Å²) in [4.78, 5) is 18.3. The SMILES string of the molecule is CC(C)(C)c1cc2c3c(c1)N(c1ccccc1-c1ccccc1)c1c(cccc1-c1nc(-c4ccccc4)nc(-c4ccccc4)n1)B3c1ccc(-n3c4ccccc4c4ccccc43)cc1O2. The average Bonchev–Trinajstić information content (AvgIpc) is 3.73. The zero-order chi connectivity index (χ0) is 45.5. The Balaban J connectivity index is 1.11. The first-order valence-corrected chi connectivity index (χ1v) is 23.3. The molecule has 6 nitrogen and oxygen atoms in total. The molecule has 0 unspecified atom stereocenters. The van der Waals surface area contributed by atoms with Crippen LogP contribution in [0, 0.1) is 0 Å². The first-order chi connectivity index (χ1) is 33.4. The van der Waals surface area contributed by atoms with E-state index in [2.05, 4.69) is 206 Å². The molecule has 0 atom stereocenters. The Morgan fingerprint density at radius 3 is 1.65 bits per heavy atom. The van der Waals surface area contributed by atoms with Gasteiger partial charge in [-0.25, -0.2) is 15.0 Å². The number of hydrogen-bond donors (Lipinski definition) is 0. The molecule has 2 aliphatic rings. The highest BCUT2D eigenvalue weighted by atomic mass is 16.5. The van der Waals surface area contributed by atoms with Gasteiger partial charge in [0.2, 0.25) is 0 Å². The molecule has 0 radical (unpaired) electrons. The molecule has 9 aromatic carbocycles. The van der Waals surface area contributed by atoms with Crippen LogP contribution < -0.4 is 26.0 Å². The highest BCUT2D eigenvalue weighted by Crippen LogP contribution is 2.49. The Morgan fingerprint density at radius 2 is 1.00 bits per heavy atom. The van der Waals surface area contributed by atoms with Crippen molar-refractivity contribution in [3.8, 4) is 62.5 Å². The van der Waals surface area contributed by atoms with Gasteiger partial charge < -0.3 is 14.2 Å². The number of anilines is 3. The first kappa shape index (κ1) is 39.8. The lowest BCUT2D eigenvalue weighted by Gasteiger charge is -2.42. The quantitative estimate of drug-likeness (QED) is 0.156. The lowest BCUT2D eigenvalue weighted by molar-refractivity contribution is 0.483. The minimum absolute atomic E-state index is 0.177. The minimum atomic E-state index is -0.205. The van der Waals surface area contributed by atoms with Gasteiger partial charge in [0.05, 0.1) is 22.4 Å². The van der Waals surface area contributed by atoms with Crippen LogP contribution >= 0.6 is 0 Å². The number of hydrogen-bond acceptors (Lipinski definition) is 5. The van der Waals surface area contributed by atoms with Crippen LogP contribution in [-0.2, 0) is 5.41 Å². The zero-order valence-electron chi connectivity index (χ0n) is 37.9. The van der Waals surface area contributed by atoms with Crippen LogP contribution in [-0.4, -0.2) is 26.2 Å². The molecule has 0 fully saturated rings. The average molecular weight is 874 g/mol. The summed E-state index contributed by atoms with van der Waals surface area (Å²) in [7, 11) is 0. The number of nitrogens with zero attached hydrogens (tertiary/aromatic N) is 5. The van der Waals surface area contributed by atoms with Crippen molar-refractivity contribution in [1.82, 2.24) is 19.5 Å². The van der Waals surface area contributed by atoms with Gasteiger partial charge in [-0.05, 0) is 75.4 Å². The second kappa shape index (κ2) is 15.5. The fraction of sp³-hybridized carbons (Fsp3) is 0.0656. The molecule has 13 rings (SSSR count). The Kier molecular flexibility index (Phi) is 9.09. The van der Waals surface area contributed by atoms with Crippen molar-refractivity contribution >= 4 is 62.0 Å². The van der Waals surface area contributed by atoms with E-state index >= 15 is 0 Å². The lowest BCUT2D eigenvalue weighted by atomic mass is 9.34. The summed E-state index contributed by atoms with van der Waals surface area (Å²) in [6.07, 6.45) is 0. The van der Waals surface area contributed by atoms with Gasteiger partial charge >= 0.3 is 0 Å². The highest BCUT2D eigenvalue weighted by molar-refractivity contribution is 6.99. The van der Waals surface area contributed by atoms with Gasteiger partial charge in [0.15, 0.2) is 17.5 Å². The summed E-state index contributed by atoms with van der Waals surface area (Å²) in [5, 5.41) is 2.45. The third kappa shape index (κ3) is 6.38. The van der Waals surface area contributed by atoms with E-state index in [1.54, 1.807) is 0 Å². The van der Waals surface area contributed by atoms with E-state index in [0.29, 0.717) is 17.5 Å². The monoisotopic (exact) mass is 873 g/mol. The molecule has 11 aromatic rings. The van der Waals surface area contributed by atoms with Gasteiger partial charge in [-0.15, -0.1) is 0 Å². The number of benzene rings is 9. The summed E-state index contributed by atoms with van der Waals surface area (Å²) in [6.45, 7) is 6.66. The highest BCUT2D eigenvalue weighted by Gasteiger charge is 2.44. The molecule has 322 valence electrons. The molecule has 0 amide bonds. The summed E-state index contributed by atoms with van der Waals surface area (Å²) in [5.41, 5.74) is 15.8. The largest absolute Gasteiger partial charge is 0.458 e. The van der Waals surface area contributed by atoms with E-state index in [1.807, 2.05) is 36.4 Å². The van der Waals surface area contributed by atoms with E-state index in [1.165, 1.54) is 16.3 Å². The van der Waals surface area contributed by atoms with Crippen molar-refractivity contribution < 1.29 is 4.74 Å².